The number of aromatic amines is 2. The highest BCUT2D eigenvalue weighted by Crippen LogP contribution is 2.24. The highest BCUT2D eigenvalue weighted by Gasteiger charge is 2.07. The first-order valence-electron chi connectivity index (χ1n) is 7.11. The number of rotatable bonds is 3. The molecule has 2 heterocycles. The van der Waals surface area contributed by atoms with E-state index in [2.05, 4.69) is 56.3 Å². The molecule has 0 amide bonds. The molecular formula is C18H14N4. The van der Waals surface area contributed by atoms with Gasteiger partial charge in [0.1, 0.15) is 11.5 Å². The summed E-state index contributed by atoms with van der Waals surface area (Å²) in [5.41, 5.74) is 4.34. The van der Waals surface area contributed by atoms with E-state index < -0.39 is 0 Å². The second-order valence-electron chi connectivity index (χ2n) is 5.03. The molecule has 0 bridgehead atoms. The van der Waals surface area contributed by atoms with Gasteiger partial charge in [-0.2, -0.15) is 0 Å². The van der Waals surface area contributed by atoms with Gasteiger partial charge in [-0.3, -0.25) is 0 Å². The van der Waals surface area contributed by atoms with Crippen LogP contribution in [0, 0.1) is 0 Å². The van der Waals surface area contributed by atoms with Crippen molar-refractivity contribution in [1.82, 2.24) is 19.9 Å². The summed E-state index contributed by atoms with van der Waals surface area (Å²) in [5.74, 6) is 1.63. The number of imidazole rings is 2. The minimum Gasteiger partial charge on any atom is -0.343 e. The minimum atomic E-state index is 0.791. The van der Waals surface area contributed by atoms with E-state index in [1.165, 1.54) is 11.1 Å². The van der Waals surface area contributed by atoms with E-state index in [1.54, 1.807) is 18.6 Å². The molecular weight excluding hydrogens is 272 g/mol. The average Bonchev–Trinajstić information content (AvgIpc) is 3.27. The molecule has 0 radical (unpaired) electrons. The van der Waals surface area contributed by atoms with E-state index in [1.807, 2.05) is 18.2 Å². The molecule has 2 aromatic heterocycles. The van der Waals surface area contributed by atoms with E-state index in [-0.39, 0.29) is 0 Å². The Hall–Kier alpha value is -3.14. The normalized spacial score (nSPS) is 10.7. The quantitative estimate of drug-likeness (QED) is 0.595. The van der Waals surface area contributed by atoms with Crippen molar-refractivity contribution in [1.29, 1.82) is 0 Å². The van der Waals surface area contributed by atoms with Crippen molar-refractivity contribution in [2.24, 2.45) is 0 Å². The Balaban J connectivity index is 1.64. The van der Waals surface area contributed by atoms with E-state index in [9.17, 15) is 0 Å². The molecule has 0 fully saturated rings. The van der Waals surface area contributed by atoms with Crippen molar-refractivity contribution < 1.29 is 0 Å². The molecule has 0 atom stereocenters. The Morgan fingerprint density at radius 1 is 0.682 bits per heavy atom. The van der Waals surface area contributed by atoms with Crippen LogP contribution in [0.15, 0.2) is 73.2 Å². The molecule has 0 aliphatic heterocycles. The molecule has 22 heavy (non-hydrogen) atoms. The van der Waals surface area contributed by atoms with Gasteiger partial charge in [0.05, 0.1) is 6.20 Å². The van der Waals surface area contributed by atoms with Crippen molar-refractivity contribution in [3.63, 3.8) is 0 Å². The zero-order valence-corrected chi connectivity index (χ0v) is 11.8. The summed E-state index contributed by atoms with van der Waals surface area (Å²) < 4.78 is 0. The van der Waals surface area contributed by atoms with Gasteiger partial charge in [0.2, 0.25) is 0 Å². The molecule has 0 aliphatic rings. The SMILES string of the molecule is c1ccc(-c2ccc(-c3ncc(-c4ncc[nH]4)[nH]3)cc2)cc1. The van der Waals surface area contributed by atoms with Crippen LogP contribution in [-0.2, 0) is 0 Å². The fourth-order valence-corrected chi connectivity index (χ4v) is 2.45. The molecule has 0 saturated heterocycles. The minimum absolute atomic E-state index is 0.791. The maximum atomic E-state index is 4.43. The summed E-state index contributed by atoms with van der Waals surface area (Å²) in [6, 6.07) is 18.7. The number of nitrogens with zero attached hydrogens (tertiary/aromatic N) is 2. The lowest BCUT2D eigenvalue weighted by Crippen LogP contribution is -1.83. The average molecular weight is 286 g/mol. The zero-order valence-electron chi connectivity index (χ0n) is 11.8. The third-order valence-electron chi connectivity index (χ3n) is 3.59. The third-order valence-corrected chi connectivity index (χ3v) is 3.59. The van der Waals surface area contributed by atoms with Gasteiger partial charge in [0.25, 0.3) is 0 Å². The number of hydrogen-bond acceptors (Lipinski definition) is 2. The molecule has 106 valence electrons. The van der Waals surface area contributed by atoms with Gasteiger partial charge in [-0.15, -0.1) is 0 Å². The molecule has 2 aromatic carbocycles. The molecule has 4 aromatic rings. The van der Waals surface area contributed by atoms with Crippen LogP contribution in [-0.4, -0.2) is 19.9 Å². The highest BCUT2D eigenvalue weighted by atomic mass is 15.0. The maximum absolute atomic E-state index is 4.43. The van der Waals surface area contributed by atoms with Crippen LogP contribution >= 0.6 is 0 Å². The Kier molecular flexibility index (Phi) is 3.05. The number of benzene rings is 2. The monoisotopic (exact) mass is 286 g/mol. The van der Waals surface area contributed by atoms with Gasteiger partial charge in [-0.05, 0) is 11.1 Å². The Bertz CT molecular complexity index is 859. The standard InChI is InChI=1S/C18H14N4/c1-2-4-13(5-3-1)14-6-8-15(9-7-14)17-21-12-16(22-17)18-19-10-11-20-18/h1-12H,(H,19,20)(H,21,22). The maximum Gasteiger partial charge on any atom is 0.155 e. The fraction of sp³-hybridized carbons (Fsp3) is 0. The van der Waals surface area contributed by atoms with Crippen LogP contribution in [0.4, 0.5) is 0 Å². The second kappa shape index (κ2) is 5.33. The molecule has 0 saturated carbocycles. The Morgan fingerprint density at radius 2 is 1.41 bits per heavy atom. The van der Waals surface area contributed by atoms with Crippen LogP contribution in [0.5, 0.6) is 0 Å². The first-order valence-corrected chi connectivity index (χ1v) is 7.11. The number of nitrogens with one attached hydrogen (secondary N) is 2. The van der Waals surface area contributed by atoms with Crippen molar-refractivity contribution >= 4 is 0 Å². The Labute approximate surface area is 127 Å². The van der Waals surface area contributed by atoms with Crippen molar-refractivity contribution in [2.45, 2.75) is 0 Å². The van der Waals surface area contributed by atoms with Gasteiger partial charge in [-0.25, -0.2) is 9.97 Å². The van der Waals surface area contributed by atoms with Crippen molar-refractivity contribution in [3.8, 4) is 34.0 Å². The largest absolute Gasteiger partial charge is 0.343 e. The molecule has 0 aliphatic carbocycles. The van der Waals surface area contributed by atoms with E-state index in [4.69, 9.17) is 0 Å². The molecule has 4 rings (SSSR count). The van der Waals surface area contributed by atoms with Crippen LogP contribution < -0.4 is 0 Å². The summed E-state index contributed by atoms with van der Waals surface area (Å²) in [4.78, 5) is 15.0. The summed E-state index contributed by atoms with van der Waals surface area (Å²) in [7, 11) is 0. The first kappa shape index (κ1) is 12.6. The van der Waals surface area contributed by atoms with E-state index in [0.29, 0.717) is 0 Å². The summed E-state index contributed by atoms with van der Waals surface area (Å²) in [6.45, 7) is 0. The van der Waals surface area contributed by atoms with Crippen molar-refractivity contribution in [2.75, 3.05) is 0 Å². The summed E-state index contributed by atoms with van der Waals surface area (Å²) in [5, 5.41) is 0. The number of hydrogen-bond donors (Lipinski definition) is 2. The zero-order chi connectivity index (χ0) is 14.8. The van der Waals surface area contributed by atoms with Gasteiger partial charge < -0.3 is 9.97 Å². The lowest BCUT2D eigenvalue weighted by atomic mass is 10.0. The Morgan fingerprint density at radius 3 is 2.14 bits per heavy atom. The van der Waals surface area contributed by atoms with Crippen LogP contribution in [0.2, 0.25) is 0 Å². The van der Waals surface area contributed by atoms with Gasteiger partial charge in [-0.1, -0.05) is 54.6 Å². The summed E-state index contributed by atoms with van der Waals surface area (Å²) in [6.07, 6.45) is 5.31. The van der Waals surface area contributed by atoms with E-state index >= 15 is 0 Å². The van der Waals surface area contributed by atoms with Crippen LogP contribution in [0.1, 0.15) is 0 Å². The van der Waals surface area contributed by atoms with Gasteiger partial charge >= 0.3 is 0 Å². The van der Waals surface area contributed by atoms with Gasteiger partial charge in [0.15, 0.2) is 5.82 Å². The highest BCUT2D eigenvalue weighted by molar-refractivity contribution is 5.68. The molecule has 2 N–H and O–H groups in total. The van der Waals surface area contributed by atoms with Crippen LogP contribution in [0.25, 0.3) is 34.0 Å². The second-order valence-corrected chi connectivity index (χ2v) is 5.03. The molecule has 0 unspecified atom stereocenters. The lowest BCUT2D eigenvalue weighted by Gasteiger charge is -2.02. The summed E-state index contributed by atoms with van der Waals surface area (Å²) >= 11 is 0. The third kappa shape index (κ3) is 2.31. The lowest BCUT2D eigenvalue weighted by molar-refractivity contribution is 1.25. The van der Waals surface area contributed by atoms with Crippen LogP contribution in [0.3, 0.4) is 0 Å². The molecule has 0 spiro atoms. The predicted octanol–water partition coefficient (Wildman–Crippen LogP) is 4.13. The van der Waals surface area contributed by atoms with Crippen molar-refractivity contribution in [3.05, 3.63) is 73.2 Å². The topological polar surface area (TPSA) is 57.4 Å². The first-order chi connectivity index (χ1) is 10.9. The number of aromatic nitrogens is 4. The van der Waals surface area contributed by atoms with E-state index in [0.717, 1.165) is 22.9 Å². The molecule has 4 heteroatoms. The fourth-order valence-electron chi connectivity index (χ4n) is 2.45. The smallest absolute Gasteiger partial charge is 0.155 e. The molecule has 4 nitrogen and oxygen atoms in total. The predicted molar refractivity (Wildman–Crippen MR) is 87.0 cm³/mol. The number of H-pyrrole nitrogens is 2. The van der Waals surface area contributed by atoms with Gasteiger partial charge in [0, 0.05) is 18.0 Å².